The maximum Gasteiger partial charge on any atom is 0.408 e. The van der Waals surface area contributed by atoms with E-state index in [1.54, 1.807) is 25.7 Å². The molecular formula is C28H44N4O5. The van der Waals surface area contributed by atoms with E-state index in [0.717, 1.165) is 31.2 Å². The fourth-order valence-electron chi connectivity index (χ4n) is 4.17. The van der Waals surface area contributed by atoms with Crippen molar-refractivity contribution in [3.63, 3.8) is 0 Å². The normalized spacial score (nSPS) is 15.6. The molecule has 37 heavy (non-hydrogen) atoms. The van der Waals surface area contributed by atoms with Gasteiger partial charge in [0.2, 0.25) is 17.7 Å². The molecule has 0 bridgehead atoms. The van der Waals surface area contributed by atoms with Gasteiger partial charge in [-0.1, -0.05) is 31.2 Å². The second-order valence-electron chi connectivity index (χ2n) is 11.8. The quantitative estimate of drug-likeness (QED) is 0.436. The molecule has 1 fully saturated rings. The summed E-state index contributed by atoms with van der Waals surface area (Å²) in [4.78, 5) is 53.6. The highest BCUT2D eigenvalue weighted by molar-refractivity contribution is 5.93. The van der Waals surface area contributed by atoms with E-state index in [2.05, 4.69) is 17.6 Å². The lowest BCUT2D eigenvalue weighted by Gasteiger charge is -2.44. The summed E-state index contributed by atoms with van der Waals surface area (Å²) in [5.41, 5.74) is 5.88. The van der Waals surface area contributed by atoms with Gasteiger partial charge in [0.05, 0.1) is 0 Å². The molecule has 9 nitrogen and oxygen atoms in total. The van der Waals surface area contributed by atoms with Gasteiger partial charge in [-0.3, -0.25) is 14.4 Å². The third-order valence-corrected chi connectivity index (χ3v) is 6.12. The first-order chi connectivity index (χ1) is 17.1. The summed E-state index contributed by atoms with van der Waals surface area (Å²) < 4.78 is 5.37. The Kier molecular flexibility index (Phi) is 10.1. The van der Waals surface area contributed by atoms with E-state index in [4.69, 9.17) is 10.5 Å². The number of nitrogens with zero attached hydrogens (tertiary/aromatic N) is 1. The molecule has 206 valence electrons. The number of ether oxygens (including phenoxy) is 1. The molecule has 0 aromatic heterocycles. The van der Waals surface area contributed by atoms with Crippen LogP contribution in [0.25, 0.3) is 0 Å². The second kappa shape index (κ2) is 12.4. The maximum atomic E-state index is 14.1. The summed E-state index contributed by atoms with van der Waals surface area (Å²) in [6.45, 7) is 12.9. The Morgan fingerprint density at radius 3 is 2.08 bits per heavy atom. The van der Waals surface area contributed by atoms with Crippen molar-refractivity contribution in [1.82, 2.24) is 15.5 Å². The van der Waals surface area contributed by atoms with Crippen molar-refractivity contribution in [2.24, 2.45) is 5.73 Å². The van der Waals surface area contributed by atoms with Gasteiger partial charge < -0.3 is 26.0 Å². The highest BCUT2D eigenvalue weighted by Gasteiger charge is 2.42. The average molecular weight is 517 g/mol. The number of carbonyl (C=O) groups is 4. The van der Waals surface area contributed by atoms with E-state index in [9.17, 15) is 19.2 Å². The summed E-state index contributed by atoms with van der Waals surface area (Å²) >= 11 is 0. The zero-order chi connectivity index (χ0) is 28.0. The van der Waals surface area contributed by atoms with Gasteiger partial charge in [-0.15, -0.1) is 0 Å². The van der Waals surface area contributed by atoms with Crippen LogP contribution in [0.5, 0.6) is 0 Å². The van der Waals surface area contributed by atoms with Gasteiger partial charge in [0, 0.05) is 18.0 Å². The van der Waals surface area contributed by atoms with Crippen molar-refractivity contribution < 1.29 is 23.9 Å². The highest BCUT2D eigenvalue weighted by Crippen LogP contribution is 2.34. The first-order valence-electron chi connectivity index (χ1n) is 13.1. The van der Waals surface area contributed by atoms with Crippen LogP contribution in [0, 0.1) is 0 Å². The van der Waals surface area contributed by atoms with Gasteiger partial charge in [-0.05, 0) is 84.8 Å². The molecule has 1 aliphatic rings. The van der Waals surface area contributed by atoms with E-state index in [1.165, 1.54) is 0 Å². The molecule has 0 spiro atoms. The molecule has 0 saturated heterocycles. The molecule has 2 unspecified atom stereocenters. The van der Waals surface area contributed by atoms with Gasteiger partial charge in [-0.25, -0.2) is 4.79 Å². The molecular weight excluding hydrogens is 472 g/mol. The summed E-state index contributed by atoms with van der Waals surface area (Å²) in [6, 6.07) is 5.52. The molecule has 2 rings (SSSR count). The molecule has 1 aliphatic carbocycles. The Balaban J connectivity index is 2.51. The van der Waals surface area contributed by atoms with Crippen molar-refractivity contribution >= 4 is 23.8 Å². The molecule has 0 aliphatic heterocycles. The zero-order valence-corrected chi connectivity index (χ0v) is 23.3. The van der Waals surface area contributed by atoms with Crippen LogP contribution in [-0.2, 0) is 25.5 Å². The molecule has 2 atom stereocenters. The summed E-state index contributed by atoms with van der Waals surface area (Å²) in [6.07, 6.45) is 2.39. The lowest BCUT2D eigenvalue weighted by atomic mass is 9.87. The number of benzene rings is 1. The number of hydrogen-bond acceptors (Lipinski definition) is 5. The van der Waals surface area contributed by atoms with Crippen molar-refractivity contribution in [1.29, 1.82) is 0 Å². The number of hydrogen-bond donors (Lipinski definition) is 3. The van der Waals surface area contributed by atoms with Crippen LogP contribution in [0.2, 0.25) is 0 Å². The van der Waals surface area contributed by atoms with Crippen LogP contribution >= 0.6 is 0 Å². The van der Waals surface area contributed by atoms with Gasteiger partial charge in [0.1, 0.15) is 17.7 Å². The van der Waals surface area contributed by atoms with Crippen molar-refractivity contribution in [2.75, 3.05) is 0 Å². The SMILES string of the molecule is CCc1ccc(C(C(=O)NC(C)(C)C)N(C(=O)C(CCC(N)=O)NC(=O)OC(C)(C)C)C2CCC2)cc1. The second-order valence-corrected chi connectivity index (χ2v) is 11.8. The van der Waals surface area contributed by atoms with Crippen LogP contribution in [0.15, 0.2) is 24.3 Å². The number of nitrogens with two attached hydrogens (primary N) is 1. The molecule has 9 heteroatoms. The van der Waals surface area contributed by atoms with E-state index in [0.29, 0.717) is 5.56 Å². The molecule has 1 aromatic rings. The smallest absolute Gasteiger partial charge is 0.408 e. The van der Waals surface area contributed by atoms with Gasteiger partial charge in [0.15, 0.2) is 0 Å². The zero-order valence-electron chi connectivity index (χ0n) is 23.3. The largest absolute Gasteiger partial charge is 0.444 e. The standard InChI is InChI=1S/C28H44N4O5/c1-8-18-12-14-19(15-13-18)23(24(34)31-27(2,3)4)32(20-10-9-11-20)25(35)21(16-17-22(29)33)30-26(36)37-28(5,6)7/h12-15,20-21,23H,8-11,16-17H2,1-7H3,(H2,29,33)(H,30,36)(H,31,34). The van der Waals surface area contributed by atoms with Gasteiger partial charge in [-0.2, -0.15) is 0 Å². The number of alkyl carbamates (subject to hydrolysis) is 1. The molecule has 4 amide bonds. The predicted octanol–water partition coefficient (Wildman–Crippen LogP) is 3.74. The Bertz CT molecular complexity index is 958. The summed E-state index contributed by atoms with van der Waals surface area (Å²) in [5.74, 6) is -1.33. The van der Waals surface area contributed by atoms with Crippen LogP contribution in [0.3, 0.4) is 0 Å². The van der Waals surface area contributed by atoms with Crippen molar-refractivity contribution in [2.45, 2.75) is 116 Å². The van der Waals surface area contributed by atoms with E-state index in [1.807, 2.05) is 45.0 Å². The van der Waals surface area contributed by atoms with Crippen LogP contribution in [0.4, 0.5) is 4.79 Å². The predicted molar refractivity (Wildman–Crippen MR) is 143 cm³/mol. The minimum absolute atomic E-state index is 0.000980. The third kappa shape index (κ3) is 9.37. The fraction of sp³-hybridized carbons (Fsp3) is 0.643. The topological polar surface area (TPSA) is 131 Å². The van der Waals surface area contributed by atoms with Crippen molar-refractivity contribution in [3.05, 3.63) is 35.4 Å². The number of rotatable bonds is 10. The summed E-state index contributed by atoms with van der Waals surface area (Å²) in [5, 5.41) is 5.66. The monoisotopic (exact) mass is 516 g/mol. The van der Waals surface area contributed by atoms with E-state index < -0.39 is 41.1 Å². The molecule has 1 aromatic carbocycles. The summed E-state index contributed by atoms with van der Waals surface area (Å²) in [7, 11) is 0. The molecule has 0 radical (unpaired) electrons. The number of nitrogens with one attached hydrogen (secondary N) is 2. The van der Waals surface area contributed by atoms with Crippen LogP contribution < -0.4 is 16.4 Å². The highest BCUT2D eigenvalue weighted by atomic mass is 16.6. The Morgan fingerprint density at radius 2 is 1.65 bits per heavy atom. The average Bonchev–Trinajstić information content (AvgIpc) is 2.72. The fourth-order valence-corrected chi connectivity index (χ4v) is 4.17. The third-order valence-electron chi connectivity index (χ3n) is 6.12. The lowest BCUT2D eigenvalue weighted by Crippen LogP contribution is -2.58. The Morgan fingerprint density at radius 1 is 1.05 bits per heavy atom. The van der Waals surface area contributed by atoms with Crippen LogP contribution in [-0.4, -0.2) is 51.9 Å². The number of primary amides is 1. The lowest BCUT2D eigenvalue weighted by molar-refractivity contribution is -0.148. The number of carbonyl (C=O) groups excluding carboxylic acids is 4. The Labute approximate surface area is 220 Å². The van der Waals surface area contributed by atoms with Crippen molar-refractivity contribution in [3.8, 4) is 0 Å². The molecule has 4 N–H and O–H groups in total. The maximum absolute atomic E-state index is 14.1. The first kappa shape index (κ1) is 30.1. The number of amides is 4. The molecule has 0 heterocycles. The minimum Gasteiger partial charge on any atom is -0.444 e. The first-order valence-corrected chi connectivity index (χ1v) is 13.1. The van der Waals surface area contributed by atoms with Crippen LogP contribution in [0.1, 0.15) is 97.7 Å². The van der Waals surface area contributed by atoms with Gasteiger partial charge >= 0.3 is 6.09 Å². The van der Waals surface area contributed by atoms with E-state index >= 15 is 0 Å². The van der Waals surface area contributed by atoms with Gasteiger partial charge in [0.25, 0.3) is 0 Å². The number of aryl methyl sites for hydroxylation is 1. The molecule has 1 saturated carbocycles. The van der Waals surface area contributed by atoms with E-state index in [-0.39, 0.29) is 24.8 Å². The Hall–Kier alpha value is -3.10. The minimum atomic E-state index is -1.08.